The molecule has 0 aliphatic heterocycles. The molecule has 0 bridgehead atoms. The Morgan fingerprint density at radius 1 is 1.25 bits per heavy atom. The smallest absolute Gasteiger partial charge is 0.233 e. The van der Waals surface area contributed by atoms with Gasteiger partial charge < -0.3 is 9.47 Å². The Kier molecular flexibility index (Phi) is 6.86. The standard InChI is InChI=1S/C10H21ClO4S/c1-9(2)15-6-5-14-7-10(3,4)8-16(11,12)13/h9H,5-8H2,1-4H3. The highest BCUT2D eigenvalue weighted by atomic mass is 35.7. The van der Waals surface area contributed by atoms with Crippen molar-refractivity contribution < 1.29 is 17.9 Å². The fourth-order valence-corrected chi connectivity index (χ4v) is 3.10. The zero-order chi connectivity index (χ0) is 12.8. The van der Waals surface area contributed by atoms with Crippen LogP contribution >= 0.6 is 10.7 Å². The second-order valence-electron chi connectivity index (χ2n) is 4.82. The molecule has 0 aromatic heterocycles. The fourth-order valence-electron chi connectivity index (χ4n) is 1.20. The summed E-state index contributed by atoms with van der Waals surface area (Å²) < 4.78 is 32.5. The predicted octanol–water partition coefficient (Wildman–Crippen LogP) is 2.02. The van der Waals surface area contributed by atoms with Crippen LogP contribution in [-0.4, -0.2) is 40.1 Å². The predicted molar refractivity (Wildman–Crippen MR) is 65.3 cm³/mol. The van der Waals surface area contributed by atoms with Gasteiger partial charge in [-0.2, -0.15) is 0 Å². The third-order valence-electron chi connectivity index (χ3n) is 1.73. The zero-order valence-electron chi connectivity index (χ0n) is 10.3. The van der Waals surface area contributed by atoms with Crippen LogP contribution in [0.1, 0.15) is 27.7 Å². The lowest BCUT2D eigenvalue weighted by molar-refractivity contribution is 0.000539. The van der Waals surface area contributed by atoms with E-state index in [0.717, 1.165) is 0 Å². The summed E-state index contributed by atoms with van der Waals surface area (Å²) in [6.45, 7) is 8.83. The van der Waals surface area contributed by atoms with Crippen molar-refractivity contribution in [3.05, 3.63) is 0 Å². The lowest BCUT2D eigenvalue weighted by Gasteiger charge is -2.22. The summed E-state index contributed by atoms with van der Waals surface area (Å²) in [6.07, 6.45) is 0.180. The molecule has 6 heteroatoms. The molecule has 98 valence electrons. The molecule has 0 amide bonds. The van der Waals surface area contributed by atoms with Gasteiger partial charge in [0.25, 0.3) is 0 Å². The number of ether oxygens (including phenoxy) is 2. The summed E-state index contributed by atoms with van der Waals surface area (Å²) in [5, 5.41) is 0. The first-order chi connectivity index (χ1) is 7.12. The van der Waals surface area contributed by atoms with E-state index in [4.69, 9.17) is 20.2 Å². The minimum absolute atomic E-state index is 0.0907. The first-order valence-corrected chi connectivity index (χ1v) is 7.72. The third-order valence-corrected chi connectivity index (χ3v) is 3.19. The van der Waals surface area contributed by atoms with Gasteiger partial charge in [-0.25, -0.2) is 8.42 Å². The van der Waals surface area contributed by atoms with E-state index < -0.39 is 14.5 Å². The first-order valence-electron chi connectivity index (χ1n) is 5.24. The Bertz CT molecular complexity index is 285. The number of rotatable bonds is 8. The van der Waals surface area contributed by atoms with Gasteiger partial charge in [-0.1, -0.05) is 13.8 Å². The quantitative estimate of drug-likeness (QED) is 0.501. The summed E-state index contributed by atoms with van der Waals surface area (Å²) >= 11 is 0. The summed E-state index contributed by atoms with van der Waals surface area (Å²) in [5.41, 5.74) is -0.474. The highest BCUT2D eigenvalue weighted by Gasteiger charge is 2.25. The Balaban J connectivity index is 3.75. The molecule has 0 heterocycles. The van der Waals surface area contributed by atoms with Crippen molar-refractivity contribution in [2.24, 2.45) is 5.41 Å². The molecule has 0 aromatic carbocycles. The molecule has 0 fully saturated rings. The van der Waals surface area contributed by atoms with Gasteiger partial charge in [0.2, 0.25) is 9.05 Å². The fraction of sp³-hybridized carbons (Fsp3) is 1.00. The van der Waals surface area contributed by atoms with Crippen LogP contribution in [0.3, 0.4) is 0 Å². The van der Waals surface area contributed by atoms with Crippen molar-refractivity contribution in [1.29, 1.82) is 0 Å². The van der Waals surface area contributed by atoms with E-state index in [1.165, 1.54) is 0 Å². The van der Waals surface area contributed by atoms with Gasteiger partial charge in [-0.15, -0.1) is 0 Å². The van der Waals surface area contributed by atoms with Crippen molar-refractivity contribution in [2.75, 3.05) is 25.6 Å². The molecule has 0 spiro atoms. The molecule has 0 rings (SSSR count). The average molecular weight is 273 g/mol. The molecular formula is C10H21ClO4S. The van der Waals surface area contributed by atoms with E-state index in [9.17, 15) is 8.42 Å². The molecule has 0 radical (unpaired) electrons. The van der Waals surface area contributed by atoms with E-state index in [1.807, 2.05) is 13.8 Å². The van der Waals surface area contributed by atoms with Crippen LogP contribution in [-0.2, 0) is 18.5 Å². The number of hydrogen-bond donors (Lipinski definition) is 0. The Hall–Kier alpha value is 0.160. The molecule has 16 heavy (non-hydrogen) atoms. The van der Waals surface area contributed by atoms with Gasteiger partial charge in [0.05, 0.1) is 31.7 Å². The molecular weight excluding hydrogens is 252 g/mol. The maximum atomic E-state index is 10.9. The van der Waals surface area contributed by atoms with Crippen LogP contribution in [0.4, 0.5) is 0 Å². The van der Waals surface area contributed by atoms with Gasteiger partial charge in [-0.05, 0) is 13.8 Å². The van der Waals surface area contributed by atoms with Crippen molar-refractivity contribution >= 4 is 19.7 Å². The van der Waals surface area contributed by atoms with Gasteiger partial charge in [-0.3, -0.25) is 0 Å². The van der Waals surface area contributed by atoms with Gasteiger partial charge in [0, 0.05) is 16.1 Å². The van der Waals surface area contributed by atoms with Crippen LogP contribution in [0, 0.1) is 5.41 Å². The van der Waals surface area contributed by atoms with E-state index in [0.29, 0.717) is 19.8 Å². The molecule has 0 aliphatic carbocycles. The summed E-state index contributed by atoms with van der Waals surface area (Å²) in [6, 6.07) is 0. The first kappa shape index (κ1) is 16.2. The van der Waals surface area contributed by atoms with Crippen LogP contribution in [0.25, 0.3) is 0 Å². The summed E-state index contributed by atoms with van der Waals surface area (Å²) in [7, 11) is 1.71. The molecule has 0 unspecified atom stereocenters. The van der Waals surface area contributed by atoms with Crippen LogP contribution in [0.5, 0.6) is 0 Å². The zero-order valence-corrected chi connectivity index (χ0v) is 11.9. The lowest BCUT2D eigenvalue weighted by Crippen LogP contribution is -2.27. The summed E-state index contributed by atoms with van der Waals surface area (Å²) in [5.74, 6) is -0.0907. The van der Waals surface area contributed by atoms with Crippen molar-refractivity contribution in [1.82, 2.24) is 0 Å². The maximum Gasteiger partial charge on any atom is 0.233 e. The molecule has 0 saturated carbocycles. The second-order valence-corrected chi connectivity index (χ2v) is 7.60. The maximum absolute atomic E-state index is 10.9. The molecule has 0 N–H and O–H groups in total. The van der Waals surface area contributed by atoms with Crippen molar-refractivity contribution in [3.8, 4) is 0 Å². The van der Waals surface area contributed by atoms with Crippen LogP contribution in [0.15, 0.2) is 0 Å². The molecule has 0 saturated heterocycles. The van der Waals surface area contributed by atoms with Crippen LogP contribution < -0.4 is 0 Å². The largest absolute Gasteiger partial charge is 0.378 e. The third kappa shape index (κ3) is 10.7. The highest BCUT2D eigenvalue weighted by Crippen LogP contribution is 2.20. The highest BCUT2D eigenvalue weighted by molar-refractivity contribution is 8.13. The van der Waals surface area contributed by atoms with Crippen LogP contribution in [0.2, 0.25) is 0 Å². The molecule has 0 aliphatic rings. The van der Waals surface area contributed by atoms with Gasteiger partial charge in [0.15, 0.2) is 0 Å². The van der Waals surface area contributed by atoms with Crippen molar-refractivity contribution in [3.63, 3.8) is 0 Å². The minimum atomic E-state index is -3.48. The molecule has 4 nitrogen and oxygen atoms in total. The average Bonchev–Trinajstić information content (AvgIpc) is 1.97. The molecule has 0 atom stereocenters. The Morgan fingerprint density at radius 3 is 2.25 bits per heavy atom. The molecule has 0 aromatic rings. The number of halogens is 1. The Labute approximate surface area is 103 Å². The normalized spacial score (nSPS) is 13.4. The van der Waals surface area contributed by atoms with Gasteiger partial charge in [0.1, 0.15) is 0 Å². The van der Waals surface area contributed by atoms with Crippen molar-refractivity contribution in [2.45, 2.75) is 33.8 Å². The topological polar surface area (TPSA) is 52.6 Å². The lowest BCUT2D eigenvalue weighted by atomic mass is 9.98. The minimum Gasteiger partial charge on any atom is -0.378 e. The summed E-state index contributed by atoms with van der Waals surface area (Å²) in [4.78, 5) is 0. The van der Waals surface area contributed by atoms with E-state index in [2.05, 4.69) is 0 Å². The van der Waals surface area contributed by atoms with E-state index >= 15 is 0 Å². The Morgan fingerprint density at radius 2 is 1.81 bits per heavy atom. The van der Waals surface area contributed by atoms with E-state index in [-0.39, 0.29) is 11.9 Å². The second kappa shape index (κ2) is 6.79. The number of hydrogen-bond acceptors (Lipinski definition) is 4. The SMILES string of the molecule is CC(C)OCCOCC(C)(C)CS(=O)(=O)Cl. The monoisotopic (exact) mass is 272 g/mol. The van der Waals surface area contributed by atoms with Gasteiger partial charge >= 0.3 is 0 Å². The van der Waals surface area contributed by atoms with E-state index in [1.54, 1.807) is 13.8 Å².